The predicted molar refractivity (Wildman–Crippen MR) is 63.4 cm³/mol. The molecule has 76 valence electrons. The first-order chi connectivity index (χ1) is 6.59. The molecule has 1 rings (SSSR count). The van der Waals surface area contributed by atoms with Crippen LogP contribution in [-0.4, -0.2) is 39.3 Å². The molecule has 0 aliphatic heterocycles. The van der Waals surface area contributed by atoms with Gasteiger partial charge in [-0.05, 0) is 0 Å². The van der Waals surface area contributed by atoms with E-state index in [1.807, 2.05) is 43.3 Å². The van der Waals surface area contributed by atoms with Crippen LogP contribution in [0.3, 0.4) is 0 Å². The summed E-state index contributed by atoms with van der Waals surface area (Å²) in [6.07, 6.45) is 0. The van der Waals surface area contributed by atoms with Crippen LogP contribution in [0.5, 0.6) is 0 Å². The van der Waals surface area contributed by atoms with Gasteiger partial charge in [0.15, 0.2) is 0 Å². The molecule has 0 aliphatic rings. The quantitative estimate of drug-likeness (QED) is 0.784. The van der Waals surface area contributed by atoms with E-state index in [-0.39, 0.29) is 0 Å². The summed E-state index contributed by atoms with van der Waals surface area (Å²) >= 11 is 6.26. The molecule has 4 heteroatoms. The molecule has 2 nitrogen and oxygen atoms in total. The molecule has 0 unspecified atom stereocenters. The second kappa shape index (κ2) is 5.54. The maximum atomic E-state index is 5.50. The SMILES string of the molecule is CN(C)C(=[Se])OCc1ccc(Br)cc1. The van der Waals surface area contributed by atoms with Crippen molar-refractivity contribution in [3.05, 3.63) is 34.3 Å². The van der Waals surface area contributed by atoms with Crippen LogP contribution in [0, 0.1) is 0 Å². The van der Waals surface area contributed by atoms with Gasteiger partial charge < -0.3 is 0 Å². The summed E-state index contributed by atoms with van der Waals surface area (Å²) in [6.45, 7) is 0.591. The fourth-order valence-electron chi connectivity index (χ4n) is 0.855. The van der Waals surface area contributed by atoms with Gasteiger partial charge in [-0.1, -0.05) is 0 Å². The van der Waals surface area contributed by atoms with Gasteiger partial charge in [-0.2, -0.15) is 0 Å². The Morgan fingerprint density at radius 2 is 1.93 bits per heavy atom. The molecular formula is C10H12BrNOSe. The van der Waals surface area contributed by atoms with Crippen LogP contribution in [0.1, 0.15) is 5.56 Å². The molecule has 0 atom stereocenters. The van der Waals surface area contributed by atoms with E-state index in [0.29, 0.717) is 6.61 Å². The number of hydrogen-bond acceptors (Lipinski definition) is 2. The van der Waals surface area contributed by atoms with Crippen LogP contribution in [0.15, 0.2) is 28.7 Å². The molecule has 0 radical (unpaired) electrons. The van der Waals surface area contributed by atoms with Crippen molar-refractivity contribution in [2.45, 2.75) is 6.61 Å². The summed E-state index contributed by atoms with van der Waals surface area (Å²) in [5.74, 6) is 0. The summed E-state index contributed by atoms with van der Waals surface area (Å²) < 4.78 is 7.38. The fourth-order valence-corrected chi connectivity index (χ4v) is 1.24. The Morgan fingerprint density at radius 1 is 1.36 bits per heavy atom. The summed E-state index contributed by atoms with van der Waals surface area (Å²) in [5.41, 5.74) is 1.16. The third-order valence-corrected chi connectivity index (χ3v) is 3.18. The number of hydrogen-bond donors (Lipinski definition) is 0. The number of rotatable bonds is 4. The van der Waals surface area contributed by atoms with Gasteiger partial charge in [0.25, 0.3) is 0 Å². The topological polar surface area (TPSA) is 12.5 Å². The molecule has 0 spiro atoms. The summed E-state index contributed by atoms with van der Waals surface area (Å²) in [5, 5.41) is 0. The third-order valence-electron chi connectivity index (χ3n) is 1.64. The van der Waals surface area contributed by atoms with E-state index in [4.69, 9.17) is 4.74 Å². The van der Waals surface area contributed by atoms with Crippen molar-refractivity contribution in [3.8, 4) is 0 Å². The van der Waals surface area contributed by atoms with E-state index in [2.05, 4.69) is 31.5 Å². The van der Waals surface area contributed by atoms with E-state index in [1.54, 1.807) is 0 Å². The number of ether oxygens (including phenoxy) is 1. The van der Waals surface area contributed by atoms with Crippen LogP contribution < -0.4 is 0 Å². The first-order valence-corrected chi connectivity index (χ1v) is 5.83. The Labute approximate surface area is 101 Å². The summed E-state index contributed by atoms with van der Waals surface area (Å²) in [7, 11) is 3.88. The number of nitrogens with zero attached hydrogens (tertiary/aromatic N) is 1. The van der Waals surface area contributed by atoms with Crippen LogP contribution in [0.4, 0.5) is 0 Å². The van der Waals surface area contributed by atoms with Crippen molar-refractivity contribution in [1.82, 2.24) is 4.90 Å². The molecule has 1 aromatic carbocycles. The minimum absolute atomic E-state index is 0.591. The van der Waals surface area contributed by atoms with Gasteiger partial charge in [0.2, 0.25) is 0 Å². The first kappa shape index (κ1) is 11.8. The molecule has 0 fully saturated rings. The average molecular weight is 321 g/mol. The van der Waals surface area contributed by atoms with Gasteiger partial charge >= 0.3 is 101 Å². The van der Waals surface area contributed by atoms with Crippen molar-refractivity contribution in [1.29, 1.82) is 0 Å². The molecule has 0 N–H and O–H groups in total. The van der Waals surface area contributed by atoms with Crippen molar-refractivity contribution in [3.63, 3.8) is 0 Å². The van der Waals surface area contributed by atoms with Gasteiger partial charge in [0.1, 0.15) is 0 Å². The molecular weight excluding hydrogens is 309 g/mol. The zero-order valence-electron chi connectivity index (χ0n) is 8.16. The van der Waals surface area contributed by atoms with Crippen LogP contribution >= 0.6 is 15.9 Å². The van der Waals surface area contributed by atoms with Gasteiger partial charge in [-0.15, -0.1) is 0 Å². The van der Waals surface area contributed by atoms with Gasteiger partial charge in [-0.3, -0.25) is 0 Å². The van der Waals surface area contributed by atoms with Crippen molar-refractivity contribution < 1.29 is 4.74 Å². The minimum atomic E-state index is 0.591. The standard InChI is InChI=1S/C10H12BrNOSe/c1-12(2)10(14)13-7-8-3-5-9(11)6-4-8/h3-6H,7H2,1-2H3. The molecule has 0 saturated carbocycles. The zero-order valence-corrected chi connectivity index (χ0v) is 11.5. The van der Waals surface area contributed by atoms with Crippen LogP contribution in [0.25, 0.3) is 0 Å². The number of halogens is 1. The molecule has 0 aromatic heterocycles. The Kier molecular flexibility index (Phi) is 4.66. The third kappa shape index (κ3) is 3.82. The molecule has 1 aromatic rings. The molecule has 0 aliphatic carbocycles. The molecule has 0 bridgehead atoms. The van der Waals surface area contributed by atoms with Gasteiger partial charge in [0.05, 0.1) is 0 Å². The molecule has 0 saturated heterocycles. The molecule has 0 amide bonds. The van der Waals surface area contributed by atoms with Crippen LogP contribution in [0.2, 0.25) is 0 Å². The Balaban J connectivity index is 2.46. The van der Waals surface area contributed by atoms with Gasteiger partial charge in [0, 0.05) is 0 Å². The summed E-state index contributed by atoms with van der Waals surface area (Å²) in [4.78, 5) is 1.90. The summed E-state index contributed by atoms with van der Waals surface area (Å²) in [6, 6.07) is 8.08. The molecule has 0 heterocycles. The fraction of sp³-hybridized carbons (Fsp3) is 0.300. The Bertz CT molecular complexity index is 310. The Hall–Kier alpha value is -0.311. The van der Waals surface area contributed by atoms with E-state index >= 15 is 0 Å². The maximum absolute atomic E-state index is 5.50. The predicted octanol–water partition coefficient (Wildman–Crippen LogP) is 1.78. The monoisotopic (exact) mass is 321 g/mol. The molecule has 14 heavy (non-hydrogen) atoms. The number of benzene rings is 1. The van der Waals surface area contributed by atoms with Gasteiger partial charge in [-0.25, -0.2) is 0 Å². The zero-order chi connectivity index (χ0) is 10.6. The Morgan fingerprint density at radius 3 is 2.43 bits per heavy atom. The second-order valence-corrected chi connectivity index (χ2v) is 4.72. The van der Waals surface area contributed by atoms with E-state index in [0.717, 1.165) is 14.8 Å². The normalized spacial score (nSPS) is 9.64. The van der Waals surface area contributed by atoms with Crippen molar-refractivity contribution >= 4 is 36.2 Å². The average Bonchev–Trinajstić information content (AvgIpc) is 2.16. The van der Waals surface area contributed by atoms with E-state index < -0.39 is 0 Å². The van der Waals surface area contributed by atoms with Crippen molar-refractivity contribution in [2.75, 3.05) is 14.1 Å². The second-order valence-electron chi connectivity index (χ2n) is 3.08. The first-order valence-electron chi connectivity index (χ1n) is 4.18. The van der Waals surface area contributed by atoms with Crippen LogP contribution in [-0.2, 0) is 11.3 Å². The van der Waals surface area contributed by atoms with E-state index in [9.17, 15) is 0 Å². The van der Waals surface area contributed by atoms with Crippen molar-refractivity contribution in [2.24, 2.45) is 0 Å². The van der Waals surface area contributed by atoms with E-state index in [1.165, 1.54) is 0 Å².